The number of halogens is 3. The maximum Gasteiger partial charge on any atom is 0.220 e. The number of benzene rings is 1. The zero-order valence-electron chi connectivity index (χ0n) is 8.84. The number of hydrogen-bond donors (Lipinski definition) is 1. The van der Waals surface area contributed by atoms with Gasteiger partial charge in [0.1, 0.15) is 5.69 Å². The van der Waals surface area contributed by atoms with Crippen LogP contribution < -0.4 is 5.73 Å². The van der Waals surface area contributed by atoms with Gasteiger partial charge in [0.05, 0.1) is 6.20 Å². The second-order valence-corrected chi connectivity index (χ2v) is 3.48. The molecule has 0 aliphatic rings. The Labute approximate surface area is 95.1 Å². The van der Waals surface area contributed by atoms with E-state index in [0.717, 1.165) is 6.20 Å². The van der Waals surface area contributed by atoms with Crippen molar-refractivity contribution < 1.29 is 13.2 Å². The van der Waals surface area contributed by atoms with Crippen LogP contribution in [0.1, 0.15) is 5.56 Å². The Kier molecular flexibility index (Phi) is 2.71. The summed E-state index contributed by atoms with van der Waals surface area (Å²) in [6.45, 7) is 1.41. The molecule has 0 amide bonds. The van der Waals surface area contributed by atoms with Crippen LogP contribution in [0.5, 0.6) is 0 Å². The molecule has 0 saturated heterocycles. The molecule has 1 aromatic heterocycles. The van der Waals surface area contributed by atoms with Crippen molar-refractivity contribution in [2.24, 2.45) is 0 Å². The first-order valence-electron chi connectivity index (χ1n) is 4.73. The van der Waals surface area contributed by atoms with Crippen LogP contribution in [-0.4, -0.2) is 9.97 Å². The Bertz CT molecular complexity index is 584. The van der Waals surface area contributed by atoms with Gasteiger partial charge in [-0.3, -0.25) is 0 Å². The normalized spacial score (nSPS) is 10.6. The van der Waals surface area contributed by atoms with Crippen LogP contribution in [0.4, 0.5) is 19.1 Å². The highest BCUT2D eigenvalue weighted by atomic mass is 19.2. The summed E-state index contributed by atoms with van der Waals surface area (Å²) < 4.78 is 40.4. The van der Waals surface area contributed by atoms with Gasteiger partial charge in [0.15, 0.2) is 17.5 Å². The molecule has 0 radical (unpaired) electrons. The van der Waals surface area contributed by atoms with Gasteiger partial charge in [0, 0.05) is 5.56 Å². The molecule has 1 heterocycles. The minimum Gasteiger partial charge on any atom is -0.368 e. The number of nitrogen functional groups attached to an aromatic ring is 1. The fraction of sp³-hybridized carbons (Fsp3) is 0.0909. The lowest BCUT2D eigenvalue weighted by molar-refractivity contribution is 0.504. The lowest BCUT2D eigenvalue weighted by Crippen LogP contribution is -2.01. The highest BCUT2D eigenvalue weighted by molar-refractivity contribution is 5.62. The van der Waals surface area contributed by atoms with E-state index >= 15 is 0 Å². The van der Waals surface area contributed by atoms with Crippen LogP contribution in [0.3, 0.4) is 0 Å². The van der Waals surface area contributed by atoms with Crippen LogP contribution >= 0.6 is 0 Å². The maximum absolute atomic E-state index is 13.6. The topological polar surface area (TPSA) is 51.8 Å². The summed E-state index contributed by atoms with van der Waals surface area (Å²) in [6.07, 6.45) is 0.814. The fourth-order valence-corrected chi connectivity index (χ4v) is 1.40. The van der Waals surface area contributed by atoms with Gasteiger partial charge in [-0.05, 0) is 18.6 Å². The minimum absolute atomic E-state index is 0.133. The molecule has 0 saturated carbocycles. The molecule has 0 spiro atoms. The van der Waals surface area contributed by atoms with Crippen molar-refractivity contribution in [3.05, 3.63) is 41.3 Å². The number of anilines is 1. The van der Waals surface area contributed by atoms with Crippen LogP contribution in [0.15, 0.2) is 18.3 Å². The van der Waals surface area contributed by atoms with Crippen LogP contribution in [0.2, 0.25) is 0 Å². The molecule has 0 bridgehead atoms. The summed E-state index contributed by atoms with van der Waals surface area (Å²) in [4.78, 5) is 6.97. The second kappa shape index (κ2) is 4.04. The van der Waals surface area contributed by atoms with Gasteiger partial charge in [-0.1, -0.05) is 6.07 Å². The van der Waals surface area contributed by atoms with Gasteiger partial charge in [0.25, 0.3) is 0 Å². The molecule has 0 fully saturated rings. The van der Waals surface area contributed by atoms with E-state index in [2.05, 4.69) is 9.97 Å². The Morgan fingerprint density at radius 3 is 2.53 bits per heavy atom. The summed E-state index contributed by atoms with van der Waals surface area (Å²) in [7, 11) is 0. The smallest absolute Gasteiger partial charge is 0.220 e. The molecule has 88 valence electrons. The van der Waals surface area contributed by atoms with Gasteiger partial charge in [-0.2, -0.15) is 0 Å². The number of aryl methyl sites for hydroxylation is 1. The van der Waals surface area contributed by atoms with Gasteiger partial charge in [-0.25, -0.2) is 23.1 Å². The lowest BCUT2D eigenvalue weighted by atomic mass is 10.1. The van der Waals surface area contributed by atoms with E-state index in [1.807, 2.05) is 0 Å². The first kappa shape index (κ1) is 11.4. The molecule has 2 rings (SSSR count). The monoisotopic (exact) mass is 239 g/mol. The predicted molar refractivity (Wildman–Crippen MR) is 56.5 cm³/mol. The fourth-order valence-electron chi connectivity index (χ4n) is 1.40. The molecule has 3 nitrogen and oxygen atoms in total. The summed E-state index contributed by atoms with van der Waals surface area (Å²) in [6, 6.07) is 2.59. The van der Waals surface area contributed by atoms with Gasteiger partial charge >= 0.3 is 0 Å². The molecular weight excluding hydrogens is 231 g/mol. The molecule has 0 aliphatic heterocycles. The molecule has 0 atom stereocenters. The first-order chi connectivity index (χ1) is 8.00. The predicted octanol–water partition coefficient (Wildman–Crippen LogP) is 2.45. The van der Waals surface area contributed by atoms with Gasteiger partial charge in [0.2, 0.25) is 5.95 Å². The average Bonchev–Trinajstić information content (AvgIpc) is 2.30. The number of nitrogens with zero attached hydrogens (tertiary/aromatic N) is 2. The van der Waals surface area contributed by atoms with Crippen molar-refractivity contribution in [2.75, 3.05) is 5.73 Å². The van der Waals surface area contributed by atoms with E-state index in [4.69, 9.17) is 5.73 Å². The summed E-state index contributed by atoms with van der Waals surface area (Å²) in [5.41, 5.74) is 4.78. The van der Waals surface area contributed by atoms with Crippen molar-refractivity contribution in [3.8, 4) is 11.3 Å². The van der Waals surface area contributed by atoms with E-state index in [1.54, 1.807) is 0 Å². The Balaban J connectivity index is 2.69. The van der Waals surface area contributed by atoms with E-state index in [-0.39, 0.29) is 22.8 Å². The summed E-state index contributed by atoms with van der Waals surface area (Å²) in [5, 5.41) is 0. The zero-order chi connectivity index (χ0) is 12.6. The largest absolute Gasteiger partial charge is 0.368 e. The average molecular weight is 239 g/mol. The van der Waals surface area contributed by atoms with Gasteiger partial charge in [-0.15, -0.1) is 0 Å². The number of aromatic nitrogens is 2. The number of nitrogens with two attached hydrogens (primary N) is 1. The molecule has 2 aromatic rings. The number of hydrogen-bond acceptors (Lipinski definition) is 3. The highest BCUT2D eigenvalue weighted by Gasteiger charge is 2.17. The van der Waals surface area contributed by atoms with Crippen molar-refractivity contribution in [1.29, 1.82) is 0 Å². The summed E-state index contributed by atoms with van der Waals surface area (Å²) in [5.74, 6) is -3.25. The molecule has 2 N–H and O–H groups in total. The lowest BCUT2D eigenvalue weighted by Gasteiger charge is -2.06. The second-order valence-electron chi connectivity index (χ2n) is 3.48. The third-order valence-electron chi connectivity index (χ3n) is 2.29. The Morgan fingerprint density at radius 1 is 1.12 bits per heavy atom. The third kappa shape index (κ3) is 1.93. The van der Waals surface area contributed by atoms with Crippen molar-refractivity contribution in [3.63, 3.8) is 0 Å². The first-order valence-corrected chi connectivity index (χ1v) is 4.73. The highest BCUT2D eigenvalue weighted by Crippen LogP contribution is 2.26. The molecule has 0 aliphatic carbocycles. The van der Waals surface area contributed by atoms with E-state index in [0.29, 0.717) is 0 Å². The molecule has 17 heavy (non-hydrogen) atoms. The minimum atomic E-state index is -1.15. The number of rotatable bonds is 1. The SMILES string of the molecule is Cc1ccc(-c2nc(N)ncc2F)c(F)c1F. The van der Waals surface area contributed by atoms with Crippen LogP contribution in [0.25, 0.3) is 11.3 Å². The quantitative estimate of drug-likeness (QED) is 0.831. The summed E-state index contributed by atoms with van der Waals surface area (Å²) >= 11 is 0. The van der Waals surface area contributed by atoms with Crippen molar-refractivity contribution in [1.82, 2.24) is 9.97 Å². The van der Waals surface area contributed by atoms with E-state index < -0.39 is 17.5 Å². The Morgan fingerprint density at radius 2 is 1.82 bits per heavy atom. The van der Waals surface area contributed by atoms with Gasteiger partial charge < -0.3 is 5.73 Å². The molecule has 6 heteroatoms. The Hall–Kier alpha value is -2.11. The maximum atomic E-state index is 13.6. The van der Waals surface area contributed by atoms with Crippen LogP contribution in [-0.2, 0) is 0 Å². The third-order valence-corrected chi connectivity index (χ3v) is 2.29. The van der Waals surface area contributed by atoms with E-state index in [1.165, 1.54) is 19.1 Å². The van der Waals surface area contributed by atoms with Crippen molar-refractivity contribution >= 4 is 5.95 Å². The zero-order valence-corrected chi connectivity index (χ0v) is 8.84. The standard InChI is InChI=1S/C11H8F3N3/c1-5-2-3-6(9(14)8(5)13)10-7(12)4-16-11(15)17-10/h2-4H,1H3,(H2,15,16,17). The molecule has 0 unspecified atom stereocenters. The van der Waals surface area contributed by atoms with E-state index in [9.17, 15) is 13.2 Å². The molecular formula is C11H8F3N3. The van der Waals surface area contributed by atoms with Crippen molar-refractivity contribution in [2.45, 2.75) is 6.92 Å². The van der Waals surface area contributed by atoms with Crippen LogP contribution in [0, 0.1) is 24.4 Å². The molecule has 1 aromatic carbocycles.